The van der Waals surface area contributed by atoms with Crippen molar-refractivity contribution in [1.82, 2.24) is 0 Å². The van der Waals surface area contributed by atoms with Gasteiger partial charge in [0.15, 0.2) is 0 Å². The highest BCUT2D eigenvalue weighted by atomic mass is 16.5. The zero-order valence-electron chi connectivity index (χ0n) is 9.75. The molecule has 92 valence electrons. The van der Waals surface area contributed by atoms with E-state index >= 15 is 0 Å². The van der Waals surface area contributed by atoms with Gasteiger partial charge in [-0.1, -0.05) is 0 Å². The van der Waals surface area contributed by atoms with E-state index in [9.17, 15) is 10.2 Å². The molecule has 0 aliphatic rings. The zero-order chi connectivity index (χ0) is 12.8. The molecule has 1 aromatic rings. The zero-order valence-corrected chi connectivity index (χ0v) is 9.75. The standard InChI is InChI=1S/C12H15NO4/c1-16-8-3-4-11(17-2)9(7-8)12(15)10(14)5-6-13/h3-4,7,10,12,14-15H,5H2,1-2H3. The number of nitriles is 1. The molecule has 2 N–H and O–H groups in total. The molecule has 0 saturated carbocycles. The van der Waals surface area contributed by atoms with E-state index in [1.807, 2.05) is 0 Å². The molecule has 0 fully saturated rings. The van der Waals surface area contributed by atoms with E-state index < -0.39 is 12.2 Å². The Balaban J connectivity index is 3.05. The van der Waals surface area contributed by atoms with Crippen molar-refractivity contribution >= 4 is 0 Å². The van der Waals surface area contributed by atoms with E-state index in [-0.39, 0.29) is 6.42 Å². The van der Waals surface area contributed by atoms with E-state index in [0.29, 0.717) is 17.1 Å². The van der Waals surface area contributed by atoms with Crippen molar-refractivity contribution in [1.29, 1.82) is 5.26 Å². The number of methoxy groups -OCH3 is 2. The summed E-state index contributed by atoms with van der Waals surface area (Å²) in [5, 5.41) is 28.0. The number of ether oxygens (including phenoxy) is 2. The largest absolute Gasteiger partial charge is 0.497 e. The molecular weight excluding hydrogens is 222 g/mol. The maximum Gasteiger partial charge on any atom is 0.125 e. The van der Waals surface area contributed by atoms with Crippen molar-refractivity contribution in [2.45, 2.75) is 18.6 Å². The lowest BCUT2D eigenvalue weighted by molar-refractivity contribution is 0.0201. The maximum absolute atomic E-state index is 9.92. The number of aliphatic hydroxyl groups excluding tert-OH is 2. The average molecular weight is 237 g/mol. The van der Waals surface area contributed by atoms with Gasteiger partial charge in [0.05, 0.1) is 32.8 Å². The minimum Gasteiger partial charge on any atom is -0.497 e. The molecule has 5 nitrogen and oxygen atoms in total. The first-order valence-corrected chi connectivity index (χ1v) is 5.09. The summed E-state index contributed by atoms with van der Waals surface area (Å²) >= 11 is 0. The van der Waals surface area contributed by atoms with Gasteiger partial charge >= 0.3 is 0 Å². The van der Waals surface area contributed by atoms with Crippen molar-refractivity contribution in [3.05, 3.63) is 23.8 Å². The summed E-state index contributed by atoms with van der Waals surface area (Å²) in [6, 6.07) is 6.70. The van der Waals surface area contributed by atoms with Crippen LogP contribution in [0.15, 0.2) is 18.2 Å². The Morgan fingerprint density at radius 3 is 2.53 bits per heavy atom. The first-order chi connectivity index (χ1) is 8.13. The van der Waals surface area contributed by atoms with Crippen LogP contribution in [0.3, 0.4) is 0 Å². The van der Waals surface area contributed by atoms with Crippen LogP contribution in [-0.4, -0.2) is 30.5 Å². The van der Waals surface area contributed by atoms with Crippen LogP contribution in [0.1, 0.15) is 18.1 Å². The molecular formula is C12H15NO4. The molecule has 1 rings (SSSR count). The normalized spacial score (nSPS) is 13.6. The molecule has 0 amide bonds. The van der Waals surface area contributed by atoms with E-state index in [1.54, 1.807) is 24.3 Å². The fraction of sp³-hybridized carbons (Fsp3) is 0.417. The van der Waals surface area contributed by atoms with Crippen LogP contribution in [0, 0.1) is 11.3 Å². The molecule has 0 radical (unpaired) electrons. The second kappa shape index (κ2) is 6.09. The Hall–Kier alpha value is -1.77. The minimum atomic E-state index is -1.18. The molecule has 1 aromatic carbocycles. The van der Waals surface area contributed by atoms with Crippen LogP contribution in [-0.2, 0) is 0 Å². The predicted octanol–water partition coefficient (Wildman–Crippen LogP) is 1.01. The third-order valence-electron chi connectivity index (χ3n) is 2.42. The quantitative estimate of drug-likeness (QED) is 0.798. The first-order valence-electron chi connectivity index (χ1n) is 5.09. The van der Waals surface area contributed by atoms with Gasteiger partial charge in [0.1, 0.15) is 17.6 Å². The number of benzene rings is 1. The van der Waals surface area contributed by atoms with Gasteiger partial charge in [0, 0.05) is 5.56 Å². The van der Waals surface area contributed by atoms with Gasteiger partial charge in [-0.25, -0.2) is 0 Å². The minimum absolute atomic E-state index is 0.151. The van der Waals surface area contributed by atoms with Gasteiger partial charge < -0.3 is 19.7 Å². The van der Waals surface area contributed by atoms with Crippen molar-refractivity contribution in [2.24, 2.45) is 0 Å². The molecule has 0 spiro atoms. The monoisotopic (exact) mass is 237 g/mol. The van der Waals surface area contributed by atoms with Crippen molar-refractivity contribution in [2.75, 3.05) is 14.2 Å². The van der Waals surface area contributed by atoms with Gasteiger partial charge in [-0.05, 0) is 18.2 Å². The summed E-state index contributed by atoms with van der Waals surface area (Å²) in [7, 11) is 2.97. The molecule has 17 heavy (non-hydrogen) atoms. The predicted molar refractivity (Wildman–Crippen MR) is 60.7 cm³/mol. The lowest BCUT2D eigenvalue weighted by Crippen LogP contribution is -2.18. The highest BCUT2D eigenvalue weighted by Gasteiger charge is 2.22. The highest BCUT2D eigenvalue weighted by Crippen LogP contribution is 2.31. The highest BCUT2D eigenvalue weighted by molar-refractivity contribution is 5.42. The lowest BCUT2D eigenvalue weighted by Gasteiger charge is -2.19. The number of aliphatic hydroxyl groups is 2. The molecule has 2 unspecified atom stereocenters. The summed E-state index contributed by atoms with van der Waals surface area (Å²) in [6.45, 7) is 0. The van der Waals surface area contributed by atoms with Crippen LogP contribution in [0.2, 0.25) is 0 Å². The van der Waals surface area contributed by atoms with Gasteiger partial charge in [0.25, 0.3) is 0 Å². The summed E-state index contributed by atoms with van der Waals surface area (Å²) in [6.07, 6.45) is -2.48. The Labute approximate surface area is 99.8 Å². The fourth-order valence-corrected chi connectivity index (χ4v) is 1.48. The summed E-state index contributed by atoms with van der Waals surface area (Å²) in [4.78, 5) is 0. The Kier molecular flexibility index (Phi) is 4.76. The average Bonchev–Trinajstić information content (AvgIpc) is 2.37. The molecule has 2 atom stereocenters. The van der Waals surface area contributed by atoms with E-state index in [1.165, 1.54) is 14.2 Å². The van der Waals surface area contributed by atoms with Gasteiger partial charge in [-0.15, -0.1) is 0 Å². The molecule has 0 aliphatic heterocycles. The maximum atomic E-state index is 9.92. The summed E-state index contributed by atoms with van der Waals surface area (Å²) < 4.78 is 10.1. The summed E-state index contributed by atoms with van der Waals surface area (Å²) in [5.41, 5.74) is 0.398. The molecule has 0 saturated heterocycles. The van der Waals surface area contributed by atoms with E-state index in [0.717, 1.165) is 0 Å². The van der Waals surface area contributed by atoms with Crippen LogP contribution in [0.25, 0.3) is 0 Å². The SMILES string of the molecule is COc1ccc(OC)c(C(O)C(O)CC#N)c1. The van der Waals surface area contributed by atoms with Gasteiger partial charge in [-0.2, -0.15) is 5.26 Å². The second-order valence-corrected chi connectivity index (χ2v) is 3.48. The van der Waals surface area contributed by atoms with Crippen LogP contribution < -0.4 is 9.47 Å². The summed E-state index contributed by atoms with van der Waals surface area (Å²) in [5.74, 6) is 0.985. The van der Waals surface area contributed by atoms with Gasteiger partial charge in [-0.3, -0.25) is 0 Å². The van der Waals surface area contributed by atoms with Crippen LogP contribution in [0.5, 0.6) is 11.5 Å². The number of rotatable bonds is 5. The van der Waals surface area contributed by atoms with E-state index in [4.69, 9.17) is 14.7 Å². The van der Waals surface area contributed by atoms with Crippen LogP contribution in [0.4, 0.5) is 0 Å². The van der Waals surface area contributed by atoms with Crippen molar-refractivity contribution in [3.63, 3.8) is 0 Å². The Morgan fingerprint density at radius 1 is 1.29 bits per heavy atom. The van der Waals surface area contributed by atoms with Crippen LogP contribution >= 0.6 is 0 Å². The second-order valence-electron chi connectivity index (χ2n) is 3.48. The Morgan fingerprint density at radius 2 is 2.00 bits per heavy atom. The first kappa shape index (κ1) is 13.3. The Bertz CT molecular complexity index is 413. The molecule has 0 aliphatic carbocycles. The number of hydrogen-bond donors (Lipinski definition) is 2. The molecule has 0 aromatic heterocycles. The van der Waals surface area contributed by atoms with Crippen molar-refractivity contribution < 1.29 is 19.7 Å². The topological polar surface area (TPSA) is 82.7 Å². The van der Waals surface area contributed by atoms with Crippen molar-refractivity contribution in [3.8, 4) is 17.6 Å². The third kappa shape index (κ3) is 3.09. The molecule has 0 heterocycles. The fourth-order valence-electron chi connectivity index (χ4n) is 1.48. The molecule has 5 heteroatoms. The number of nitrogens with zero attached hydrogens (tertiary/aromatic N) is 1. The lowest BCUT2D eigenvalue weighted by atomic mass is 10.0. The van der Waals surface area contributed by atoms with E-state index in [2.05, 4.69) is 0 Å². The third-order valence-corrected chi connectivity index (χ3v) is 2.42. The molecule has 0 bridgehead atoms. The number of hydrogen-bond acceptors (Lipinski definition) is 5. The van der Waals surface area contributed by atoms with Gasteiger partial charge in [0.2, 0.25) is 0 Å². The smallest absolute Gasteiger partial charge is 0.125 e.